The van der Waals surface area contributed by atoms with E-state index in [4.69, 9.17) is 4.43 Å². The van der Waals surface area contributed by atoms with Crippen LogP contribution in [0.5, 0.6) is 0 Å². The van der Waals surface area contributed by atoms with Crippen LogP contribution in [0.25, 0.3) is 0 Å². The van der Waals surface area contributed by atoms with Crippen LogP contribution in [0, 0.1) is 0 Å². The Kier molecular flexibility index (Phi) is 4.35. The second-order valence-corrected chi connectivity index (χ2v) is 11.2. The van der Waals surface area contributed by atoms with E-state index < -0.39 is 13.7 Å². The molecule has 0 amide bonds. The van der Waals surface area contributed by atoms with Gasteiger partial charge < -0.3 is 9.33 Å². The van der Waals surface area contributed by atoms with Gasteiger partial charge in [-0.25, -0.2) is 0 Å². The highest BCUT2D eigenvalue weighted by Gasteiger charge is 2.44. The zero-order valence-electron chi connectivity index (χ0n) is 13.0. The maximum atomic E-state index is 12.8. The molecule has 0 aromatic heterocycles. The molecule has 1 aromatic rings. The van der Waals surface area contributed by atoms with Crippen LogP contribution in [0.2, 0.25) is 19.6 Å². The van der Waals surface area contributed by atoms with Gasteiger partial charge in [0.05, 0.1) is 5.41 Å². The lowest BCUT2D eigenvalue weighted by atomic mass is 9.73. The lowest BCUT2D eigenvalue weighted by Crippen LogP contribution is -2.49. The summed E-state index contributed by atoms with van der Waals surface area (Å²) in [6.45, 7) is 8.08. The van der Waals surface area contributed by atoms with Gasteiger partial charge in [-0.2, -0.15) is 0 Å². The van der Waals surface area contributed by atoms with E-state index in [1.807, 2.05) is 18.2 Å². The molecule has 1 fully saturated rings. The highest BCUT2D eigenvalue weighted by atomic mass is 28.4. The van der Waals surface area contributed by atoms with Crippen molar-refractivity contribution in [3.05, 3.63) is 35.9 Å². The molecule has 1 aromatic carbocycles. The molecule has 4 heteroatoms. The van der Waals surface area contributed by atoms with Crippen molar-refractivity contribution in [2.24, 2.45) is 0 Å². The largest absolute Gasteiger partial charge is 0.519 e. The minimum absolute atomic E-state index is 0.0176. The van der Waals surface area contributed by atoms with Gasteiger partial charge in [0, 0.05) is 0 Å². The highest BCUT2D eigenvalue weighted by Crippen LogP contribution is 2.37. The molecular formula is C16H25NO2Si. The zero-order valence-corrected chi connectivity index (χ0v) is 14.0. The summed E-state index contributed by atoms with van der Waals surface area (Å²) in [6, 6.07) is 10.2. The van der Waals surface area contributed by atoms with Gasteiger partial charge >= 0.3 is 5.97 Å². The number of carbonyl (C=O) groups excluding carboxylic acids is 1. The summed E-state index contributed by atoms with van der Waals surface area (Å²) in [4.78, 5) is 15.1. The molecule has 0 aliphatic carbocycles. The molecule has 0 N–H and O–H groups in total. The molecule has 0 radical (unpaired) electrons. The Morgan fingerprint density at radius 1 is 1.15 bits per heavy atom. The van der Waals surface area contributed by atoms with E-state index in [1.165, 1.54) is 0 Å². The summed E-state index contributed by atoms with van der Waals surface area (Å²) in [6.07, 6.45) is 1.69. The molecule has 1 aliphatic rings. The van der Waals surface area contributed by atoms with Gasteiger partial charge in [0.2, 0.25) is 8.32 Å². The first-order valence-corrected chi connectivity index (χ1v) is 10.7. The zero-order chi connectivity index (χ0) is 14.8. The number of carbonyl (C=O) groups is 1. The third kappa shape index (κ3) is 3.30. The van der Waals surface area contributed by atoms with Crippen molar-refractivity contribution in [2.75, 3.05) is 20.1 Å². The maximum absolute atomic E-state index is 12.8. The van der Waals surface area contributed by atoms with Crippen LogP contribution in [0.4, 0.5) is 0 Å². The van der Waals surface area contributed by atoms with Crippen LogP contribution >= 0.6 is 0 Å². The molecular weight excluding hydrogens is 266 g/mol. The lowest BCUT2D eigenvalue weighted by molar-refractivity contribution is -0.143. The first kappa shape index (κ1) is 15.3. The summed E-state index contributed by atoms with van der Waals surface area (Å²) >= 11 is 0. The van der Waals surface area contributed by atoms with Crippen molar-refractivity contribution in [2.45, 2.75) is 37.9 Å². The van der Waals surface area contributed by atoms with Gasteiger partial charge in [0.15, 0.2) is 0 Å². The molecule has 1 saturated heterocycles. The Morgan fingerprint density at radius 2 is 1.70 bits per heavy atom. The van der Waals surface area contributed by atoms with E-state index in [1.54, 1.807) is 0 Å². The van der Waals surface area contributed by atoms with Crippen molar-refractivity contribution < 1.29 is 9.22 Å². The summed E-state index contributed by atoms with van der Waals surface area (Å²) in [7, 11) is 0.246. The number of likely N-dealkylation sites (tertiary alicyclic amines) is 1. The van der Waals surface area contributed by atoms with E-state index in [9.17, 15) is 4.79 Å². The third-order valence-electron chi connectivity index (χ3n) is 3.96. The molecule has 3 nitrogen and oxygen atoms in total. The van der Waals surface area contributed by atoms with Crippen LogP contribution in [-0.2, 0) is 14.6 Å². The summed E-state index contributed by atoms with van der Waals surface area (Å²) in [5.74, 6) is -0.0176. The number of hydrogen-bond acceptors (Lipinski definition) is 3. The van der Waals surface area contributed by atoms with Gasteiger partial charge in [0.25, 0.3) is 0 Å². The molecule has 0 bridgehead atoms. The van der Waals surface area contributed by atoms with Crippen LogP contribution in [0.15, 0.2) is 30.3 Å². The van der Waals surface area contributed by atoms with E-state index >= 15 is 0 Å². The quantitative estimate of drug-likeness (QED) is 0.802. The van der Waals surface area contributed by atoms with Crippen molar-refractivity contribution >= 4 is 14.3 Å². The molecule has 1 aliphatic heterocycles. The Balaban J connectivity index is 2.32. The van der Waals surface area contributed by atoms with E-state index in [0.717, 1.165) is 31.5 Å². The molecule has 0 saturated carbocycles. The van der Waals surface area contributed by atoms with Gasteiger partial charge in [-0.1, -0.05) is 30.3 Å². The van der Waals surface area contributed by atoms with Crippen LogP contribution in [0.1, 0.15) is 18.4 Å². The molecule has 1 heterocycles. The maximum Gasteiger partial charge on any atom is 0.303 e. The number of rotatable bonds is 3. The average molecular weight is 291 g/mol. The Morgan fingerprint density at radius 3 is 2.20 bits per heavy atom. The van der Waals surface area contributed by atoms with Crippen LogP contribution < -0.4 is 0 Å². The smallest absolute Gasteiger partial charge is 0.303 e. The van der Waals surface area contributed by atoms with Crippen LogP contribution in [-0.4, -0.2) is 39.3 Å². The van der Waals surface area contributed by atoms with E-state index in [-0.39, 0.29) is 5.97 Å². The van der Waals surface area contributed by atoms with Crippen molar-refractivity contribution in [1.29, 1.82) is 0 Å². The van der Waals surface area contributed by atoms with Crippen LogP contribution in [0.3, 0.4) is 0 Å². The first-order chi connectivity index (χ1) is 9.33. The second-order valence-electron chi connectivity index (χ2n) is 6.75. The fourth-order valence-corrected chi connectivity index (χ4v) is 3.50. The molecule has 110 valence electrons. The van der Waals surface area contributed by atoms with E-state index in [2.05, 4.69) is 43.7 Å². The predicted molar refractivity (Wildman–Crippen MR) is 84.3 cm³/mol. The third-order valence-corrected chi connectivity index (χ3v) is 4.75. The monoisotopic (exact) mass is 291 g/mol. The Hall–Kier alpha value is -1.13. The summed E-state index contributed by atoms with van der Waals surface area (Å²) < 4.78 is 5.85. The fraction of sp³-hybridized carbons (Fsp3) is 0.562. The Labute approximate surface area is 123 Å². The number of nitrogens with zero attached hydrogens (tertiary/aromatic N) is 1. The molecule has 0 unspecified atom stereocenters. The normalized spacial score (nSPS) is 19.6. The topological polar surface area (TPSA) is 29.5 Å². The minimum atomic E-state index is -1.86. The van der Waals surface area contributed by atoms with E-state index in [0.29, 0.717) is 0 Å². The molecule has 2 rings (SSSR count). The number of hydrogen-bond donors (Lipinski definition) is 0. The minimum Gasteiger partial charge on any atom is -0.519 e. The number of benzene rings is 1. The summed E-state index contributed by atoms with van der Waals surface area (Å²) in [5.41, 5.74) is 0.657. The van der Waals surface area contributed by atoms with Gasteiger partial charge in [-0.05, 0) is 58.2 Å². The molecule has 0 spiro atoms. The van der Waals surface area contributed by atoms with Gasteiger partial charge in [0.1, 0.15) is 0 Å². The lowest BCUT2D eigenvalue weighted by Gasteiger charge is -2.40. The average Bonchev–Trinajstić information content (AvgIpc) is 2.39. The van der Waals surface area contributed by atoms with Gasteiger partial charge in [-0.3, -0.25) is 4.79 Å². The predicted octanol–water partition coefficient (Wildman–Crippen LogP) is 3.03. The Bertz CT molecular complexity index is 459. The fourth-order valence-electron chi connectivity index (χ4n) is 2.74. The SMILES string of the molecule is CN1CCC(C(=O)O[Si](C)(C)C)(c2ccccc2)CC1. The second kappa shape index (κ2) is 5.70. The number of piperidine rings is 1. The van der Waals surface area contributed by atoms with Crippen molar-refractivity contribution in [3.8, 4) is 0 Å². The standard InChI is InChI=1S/C16H25NO2Si/c1-17-12-10-16(11-13-17,14-8-6-5-7-9-14)15(18)19-20(2,3)4/h5-9H,10-13H2,1-4H3. The highest BCUT2D eigenvalue weighted by molar-refractivity contribution is 6.71. The van der Waals surface area contributed by atoms with Crippen molar-refractivity contribution in [3.63, 3.8) is 0 Å². The molecule has 20 heavy (non-hydrogen) atoms. The van der Waals surface area contributed by atoms with Crippen molar-refractivity contribution in [1.82, 2.24) is 4.90 Å². The van der Waals surface area contributed by atoms with Gasteiger partial charge in [-0.15, -0.1) is 0 Å². The first-order valence-electron chi connectivity index (χ1n) is 7.31. The molecule has 0 atom stereocenters. The summed E-state index contributed by atoms with van der Waals surface area (Å²) in [5, 5.41) is 0.